The molecule has 0 aliphatic heterocycles. The number of nitrogens with one attached hydrogen (secondary N) is 1. The van der Waals surface area contributed by atoms with Crippen LogP contribution < -0.4 is 5.32 Å². The van der Waals surface area contributed by atoms with E-state index in [1.807, 2.05) is 38.1 Å². The van der Waals surface area contributed by atoms with E-state index in [1.165, 1.54) is 11.8 Å². The molecule has 0 heterocycles. The molecule has 0 aliphatic carbocycles. The minimum absolute atomic E-state index is 0.108. The van der Waals surface area contributed by atoms with E-state index in [2.05, 4.69) is 5.32 Å². The van der Waals surface area contributed by atoms with Gasteiger partial charge in [-0.05, 0) is 28.2 Å². The summed E-state index contributed by atoms with van der Waals surface area (Å²) < 4.78 is 0. The first-order valence-electron chi connectivity index (χ1n) is 6.65. The predicted octanol–water partition coefficient (Wildman–Crippen LogP) is 3.62. The Bertz CT molecular complexity index is 682. The standard InChI is InChI=1S/C16H17NO3S/c1-10(2)21-9-15(18)17-14-8-12-6-4-3-5-11(12)7-13(14)16(19)20/h3-8,10H,9H2,1-2H3,(H,17,18)(H,19,20). The molecule has 0 aromatic heterocycles. The molecule has 2 aromatic carbocycles. The number of hydrogen-bond donors (Lipinski definition) is 2. The van der Waals surface area contributed by atoms with Gasteiger partial charge in [0.1, 0.15) is 0 Å². The molecule has 0 spiro atoms. The summed E-state index contributed by atoms with van der Waals surface area (Å²) in [6, 6.07) is 10.8. The molecular formula is C16H17NO3S. The highest BCUT2D eigenvalue weighted by Crippen LogP contribution is 2.24. The highest BCUT2D eigenvalue weighted by molar-refractivity contribution is 8.00. The van der Waals surface area contributed by atoms with Gasteiger partial charge in [0.25, 0.3) is 0 Å². The Kier molecular flexibility index (Phi) is 4.85. The molecule has 0 fully saturated rings. The van der Waals surface area contributed by atoms with Gasteiger partial charge in [0.05, 0.1) is 17.0 Å². The van der Waals surface area contributed by atoms with Crippen LogP contribution in [-0.4, -0.2) is 28.0 Å². The summed E-state index contributed by atoms with van der Waals surface area (Å²) in [7, 11) is 0. The summed E-state index contributed by atoms with van der Waals surface area (Å²) in [5.41, 5.74) is 0.451. The van der Waals surface area contributed by atoms with Crippen molar-refractivity contribution in [2.45, 2.75) is 19.1 Å². The quantitative estimate of drug-likeness (QED) is 0.885. The monoisotopic (exact) mass is 303 g/mol. The van der Waals surface area contributed by atoms with Gasteiger partial charge in [0.2, 0.25) is 5.91 Å². The van der Waals surface area contributed by atoms with E-state index in [4.69, 9.17) is 0 Å². The van der Waals surface area contributed by atoms with Crippen molar-refractivity contribution in [1.82, 2.24) is 0 Å². The van der Waals surface area contributed by atoms with Crippen LogP contribution in [-0.2, 0) is 4.79 Å². The highest BCUT2D eigenvalue weighted by atomic mass is 32.2. The molecular weight excluding hydrogens is 286 g/mol. The number of hydrogen-bond acceptors (Lipinski definition) is 3. The first kappa shape index (κ1) is 15.4. The van der Waals surface area contributed by atoms with Crippen LogP contribution in [0.5, 0.6) is 0 Å². The smallest absolute Gasteiger partial charge is 0.337 e. The van der Waals surface area contributed by atoms with E-state index < -0.39 is 5.97 Å². The number of carbonyl (C=O) groups is 2. The third-order valence-electron chi connectivity index (χ3n) is 2.94. The fraction of sp³-hybridized carbons (Fsp3) is 0.250. The summed E-state index contributed by atoms with van der Waals surface area (Å²) in [5.74, 6) is -0.928. The number of aromatic carboxylic acids is 1. The van der Waals surface area contributed by atoms with E-state index >= 15 is 0 Å². The number of carboxylic acids is 1. The van der Waals surface area contributed by atoms with E-state index in [1.54, 1.807) is 12.1 Å². The minimum atomic E-state index is -1.05. The minimum Gasteiger partial charge on any atom is -0.478 e. The molecule has 0 aliphatic rings. The Labute approximate surface area is 127 Å². The van der Waals surface area contributed by atoms with Crippen molar-refractivity contribution in [2.75, 3.05) is 11.1 Å². The molecule has 2 aromatic rings. The van der Waals surface area contributed by atoms with Gasteiger partial charge in [-0.2, -0.15) is 0 Å². The average molecular weight is 303 g/mol. The van der Waals surface area contributed by atoms with Gasteiger partial charge in [-0.25, -0.2) is 4.79 Å². The van der Waals surface area contributed by atoms with Crippen molar-refractivity contribution in [3.63, 3.8) is 0 Å². The number of carboxylic acid groups (broad SMARTS) is 1. The fourth-order valence-corrected chi connectivity index (χ4v) is 2.51. The zero-order valence-electron chi connectivity index (χ0n) is 11.9. The topological polar surface area (TPSA) is 66.4 Å². The van der Waals surface area contributed by atoms with Crippen molar-refractivity contribution in [3.8, 4) is 0 Å². The maximum absolute atomic E-state index is 11.9. The molecule has 5 heteroatoms. The van der Waals surface area contributed by atoms with Crippen molar-refractivity contribution in [2.24, 2.45) is 0 Å². The lowest BCUT2D eigenvalue weighted by atomic mass is 10.0. The van der Waals surface area contributed by atoms with Crippen LogP contribution >= 0.6 is 11.8 Å². The molecule has 110 valence electrons. The zero-order chi connectivity index (χ0) is 15.4. The number of amides is 1. The molecule has 0 saturated carbocycles. The maximum atomic E-state index is 11.9. The molecule has 0 radical (unpaired) electrons. The van der Waals surface area contributed by atoms with Crippen LogP contribution in [0, 0.1) is 0 Å². The van der Waals surface area contributed by atoms with Gasteiger partial charge < -0.3 is 10.4 Å². The van der Waals surface area contributed by atoms with E-state index in [-0.39, 0.29) is 11.5 Å². The van der Waals surface area contributed by atoms with Crippen LogP contribution in [0.25, 0.3) is 10.8 Å². The summed E-state index contributed by atoms with van der Waals surface area (Å²) in [6.45, 7) is 4.02. The summed E-state index contributed by atoms with van der Waals surface area (Å²) in [6.07, 6.45) is 0. The number of fused-ring (bicyclic) bond motifs is 1. The number of carbonyl (C=O) groups excluding carboxylic acids is 1. The van der Waals surface area contributed by atoms with E-state index in [9.17, 15) is 14.7 Å². The lowest BCUT2D eigenvalue weighted by molar-refractivity contribution is -0.113. The molecule has 2 N–H and O–H groups in total. The number of anilines is 1. The summed E-state index contributed by atoms with van der Waals surface area (Å²) in [4.78, 5) is 23.3. The average Bonchev–Trinajstić information content (AvgIpc) is 2.44. The first-order valence-corrected chi connectivity index (χ1v) is 7.70. The lowest BCUT2D eigenvalue weighted by Gasteiger charge is -2.11. The van der Waals surface area contributed by atoms with Gasteiger partial charge in [-0.1, -0.05) is 38.1 Å². The second-order valence-corrected chi connectivity index (χ2v) is 6.52. The number of rotatable bonds is 5. The van der Waals surface area contributed by atoms with Crippen molar-refractivity contribution < 1.29 is 14.7 Å². The first-order chi connectivity index (χ1) is 9.97. The van der Waals surface area contributed by atoms with Crippen LogP contribution in [0.15, 0.2) is 36.4 Å². The van der Waals surface area contributed by atoms with Crippen molar-refractivity contribution in [1.29, 1.82) is 0 Å². The van der Waals surface area contributed by atoms with Crippen LogP contribution in [0.2, 0.25) is 0 Å². The summed E-state index contributed by atoms with van der Waals surface area (Å²) >= 11 is 1.52. The molecule has 1 amide bonds. The Balaban J connectivity index is 2.30. The van der Waals surface area contributed by atoms with Gasteiger partial charge in [0.15, 0.2) is 0 Å². The third-order valence-corrected chi connectivity index (χ3v) is 4.03. The van der Waals surface area contributed by atoms with Gasteiger partial charge >= 0.3 is 5.97 Å². The van der Waals surface area contributed by atoms with Crippen LogP contribution in [0.3, 0.4) is 0 Å². The zero-order valence-corrected chi connectivity index (χ0v) is 12.7. The largest absolute Gasteiger partial charge is 0.478 e. The molecule has 0 atom stereocenters. The predicted molar refractivity (Wildman–Crippen MR) is 87.1 cm³/mol. The lowest BCUT2D eigenvalue weighted by Crippen LogP contribution is -2.17. The maximum Gasteiger partial charge on any atom is 0.337 e. The number of thioether (sulfide) groups is 1. The second kappa shape index (κ2) is 6.63. The third kappa shape index (κ3) is 3.98. The highest BCUT2D eigenvalue weighted by Gasteiger charge is 2.14. The van der Waals surface area contributed by atoms with Gasteiger partial charge in [-0.15, -0.1) is 11.8 Å². The second-order valence-electron chi connectivity index (χ2n) is 4.96. The Morgan fingerprint density at radius 1 is 1.19 bits per heavy atom. The molecule has 0 saturated heterocycles. The van der Waals surface area contributed by atoms with Crippen LogP contribution in [0.4, 0.5) is 5.69 Å². The van der Waals surface area contributed by atoms with Crippen molar-refractivity contribution in [3.05, 3.63) is 42.0 Å². The molecule has 4 nitrogen and oxygen atoms in total. The van der Waals surface area contributed by atoms with Crippen LogP contribution in [0.1, 0.15) is 24.2 Å². The van der Waals surface area contributed by atoms with E-state index in [0.29, 0.717) is 16.7 Å². The molecule has 2 rings (SSSR count). The Hall–Kier alpha value is -2.01. The van der Waals surface area contributed by atoms with E-state index in [0.717, 1.165) is 10.8 Å². The summed E-state index contributed by atoms with van der Waals surface area (Å²) in [5, 5.41) is 14.1. The Morgan fingerprint density at radius 2 is 1.81 bits per heavy atom. The SMILES string of the molecule is CC(C)SCC(=O)Nc1cc2ccccc2cc1C(=O)O. The van der Waals surface area contributed by atoms with Gasteiger partial charge in [-0.3, -0.25) is 4.79 Å². The normalized spacial score (nSPS) is 10.8. The number of benzene rings is 2. The Morgan fingerprint density at radius 3 is 2.38 bits per heavy atom. The van der Waals surface area contributed by atoms with Crippen molar-refractivity contribution >= 4 is 40.1 Å². The molecule has 0 unspecified atom stereocenters. The molecule has 0 bridgehead atoms. The van der Waals surface area contributed by atoms with Gasteiger partial charge in [0, 0.05) is 0 Å². The molecule has 21 heavy (non-hydrogen) atoms. The fourth-order valence-electron chi connectivity index (χ4n) is 1.95.